The molecule has 3 rings (SSSR count). The van der Waals surface area contributed by atoms with Crippen molar-refractivity contribution >= 4 is 17.4 Å². The minimum Gasteiger partial charge on any atom is -0.508 e. The van der Waals surface area contributed by atoms with Crippen molar-refractivity contribution in [1.82, 2.24) is 10.2 Å². The summed E-state index contributed by atoms with van der Waals surface area (Å²) in [7, 11) is 0. The molecule has 128 valence electrons. The van der Waals surface area contributed by atoms with Crippen molar-refractivity contribution in [3.05, 3.63) is 52.2 Å². The van der Waals surface area contributed by atoms with Gasteiger partial charge in [-0.3, -0.25) is 0 Å². The van der Waals surface area contributed by atoms with E-state index in [1.54, 1.807) is 34.4 Å². The van der Waals surface area contributed by atoms with Crippen molar-refractivity contribution in [3.8, 4) is 5.75 Å². The summed E-state index contributed by atoms with van der Waals surface area (Å²) in [6.45, 7) is 3.61. The molecule has 24 heavy (non-hydrogen) atoms. The fourth-order valence-corrected chi connectivity index (χ4v) is 3.73. The Hall–Kier alpha value is -2.05. The molecule has 1 aliphatic rings. The van der Waals surface area contributed by atoms with E-state index in [1.807, 2.05) is 23.6 Å². The monoisotopic (exact) mass is 346 g/mol. The highest BCUT2D eigenvalue weighted by Gasteiger charge is 2.27. The molecule has 2 atom stereocenters. The number of aromatic hydroxyl groups is 1. The molecule has 0 radical (unpaired) electrons. The lowest BCUT2D eigenvalue weighted by atomic mass is 10.1. The van der Waals surface area contributed by atoms with Gasteiger partial charge < -0.3 is 20.1 Å². The van der Waals surface area contributed by atoms with Crippen LogP contribution in [0.3, 0.4) is 0 Å². The van der Waals surface area contributed by atoms with Crippen LogP contribution in [0.15, 0.2) is 41.8 Å². The fourth-order valence-electron chi connectivity index (χ4n) is 2.86. The van der Waals surface area contributed by atoms with Crippen LogP contribution in [0.25, 0.3) is 0 Å². The molecular formula is C18H22N2O3S. The van der Waals surface area contributed by atoms with E-state index in [2.05, 4.69) is 12.2 Å². The van der Waals surface area contributed by atoms with Crippen LogP contribution in [0, 0.1) is 0 Å². The van der Waals surface area contributed by atoms with Gasteiger partial charge in [0.05, 0.1) is 19.2 Å². The number of rotatable bonds is 4. The van der Waals surface area contributed by atoms with Crippen LogP contribution >= 0.6 is 11.3 Å². The number of benzene rings is 1. The molecule has 0 bridgehead atoms. The van der Waals surface area contributed by atoms with E-state index < -0.39 is 0 Å². The molecule has 2 N–H and O–H groups in total. The minimum absolute atomic E-state index is 0.0413. The molecule has 0 unspecified atom stereocenters. The second-order valence-electron chi connectivity index (χ2n) is 5.83. The summed E-state index contributed by atoms with van der Waals surface area (Å²) in [5, 5.41) is 14.8. The lowest BCUT2D eigenvalue weighted by molar-refractivity contribution is -0.0158. The van der Waals surface area contributed by atoms with Gasteiger partial charge in [0, 0.05) is 11.4 Å². The van der Waals surface area contributed by atoms with E-state index in [0.717, 1.165) is 12.0 Å². The number of morpholine rings is 1. The van der Waals surface area contributed by atoms with Crippen molar-refractivity contribution in [2.45, 2.75) is 25.5 Å². The van der Waals surface area contributed by atoms with E-state index >= 15 is 0 Å². The van der Waals surface area contributed by atoms with Crippen molar-refractivity contribution < 1.29 is 14.6 Å². The Labute approximate surface area is 145 Å². The number of nitrogens with one attached hydrogen (secondary N) is 1. The number of hydrogen-bond acceptors (Lipinski definition) is 4. The summed E-state index contributed by atoms with van der Waals surface area (Å²) in [6.07, 6.45) is 0.644. The van der Waals surface area contributed by atoms with Gasteiger partial charge in [-0.2, -0.15) is 0 Å². The maximum atomic E-state index is 12.6. The molecule has 1 aliphatic heterocycles. The number of amides is 2. The maximum absolute atomic E-state index is 12.6. The molecule has 1 fully saturated rings. The smallest absolute Gasteiger partial charge is 0.318 e. The molecule has 1 aromatic heterocycles. The largest absolute Gasteiger partial charge is 0.508 e. The van der Waals surface area contributed by atoms with Crippen molar-refractivity contribution in [2.75, 3.05) is 19.7 Å². The zero-order valence-corrected chi connectivity index (χ0v) is 14.5. The summed E-state index contributed by atoms with van der Waals surface area (Å²) in [4.78, 5) is 15.6. The second-order valence-corrected chi connectivity index (χ2v) is 6.81. The van der Waals surface area contributed by atoms with Gasteiger partial charge in [-0.15, -0.1) is 11.3 Å². The van der Waals surface area contributed by atoms with Gasteiger partial charge in [0.25, 0.3) is 0 Å². The average molecular weight is 346 g/mol. The number of ether oxygens (including phenoxy) is 1. The molecular weight excluding hydrogens is 324 g/mol. The molecule has 2 amide bonds. The van der Waals surface area contributed by atoms with Crippen molar-refractivity contribution in [2.24, 2.45) is 0 Å². The Morgan fingerprint density at radius 1 is 1.46 bits per heavy atom. The summed E-state index contributed by atoms with van der Waals surface area (Å²) in [5.74, 6) is 0.210. The van der Waals surface area contributed by atoms with Crippen LogP contribution in [0.5, 0.6) is 5.75 Å². The minimum atomic E-state index is -0.210. The molecule has 0 spiro atoms. The Balaban J connectivity index is 1.64. The zero-order chi connectivity index (χ0) is 16.9. The molecule has 0 aliphatic carbocycles. The fraction of sp³-hybridized carbons (Fsp3) is 0.389. The van der Waals surface area contributed by atoms with Gasteiger partial charge in [0.1, 0.15) is 11.9 Å². The van der Waals surface area contributed by atoms with Gasteiger partial charge >= 0.3 is 6.03 Å². The Morgan fingerprint density at radius 3 is 3.04 bits per heavy atom. The number of phenols is 1. The number of carbonyl (C=O) groups is 1. The molecule has 6 heteroatoms. The first-order valence-electron chi connectivity index (χ1n) is 8.16. The van der Waals surface area contributed by atoms with E-state index in [4.69, 9.17) is 4.74 Å². The third kappa shape index (κ3) is 3.88. The quantitative estimate of drug-likeness (QED) is 0.887. The third-order valence-electron chi connectivity index (χ3n) is 4.19. The summed E-state index contributed by atoms with van der Waals surface area (Å²) < 4.78 is 5.77. The number of urea groups is 1. The van der Waals surface area contributed by atoms with E-state index in [1.165, 1.54) is 4.88 Å². The Morgan fingerprint density at radius 2 is 2.33 bits per heavy atom. The SMILES string of the molecule is CC[C@@H](NC(=O)N1CCO[C@@H](c2cccc(O)c2)C1)c1cccs1. The molecule has 1 saturated heterocycles. The average Bonchev–Trinajstić information content (AvgIpc) is 3.14. The first-order chi connectivity index (χ1) is 11.7. The van der Waals surface area contributed by atoms with Gasteiger partial charge in [-0.1, -0.05) is 25.1 Å². The van der Waals surface area contributed by atoms with Gasteiger partial charge in [-0.05, 0) is 35.6 Å². The third-order valence-corrected chi connectivity index (χ3v) is 5.17. The van der Waals surface area contributed by atoms with Crippen LogP contribution in [-0.2, 0) is 4.74 Å². The number of nitrogens with zero attached hydrogens (tertiary/aromatic N) is 1. The van der Waals surface area contributed by atoms with Crippen molar-refractivity contribution in [3.63, 3.8) is 0 Å². The lowest BCUT2D eigenvalue weighted by Gasteiger charge is -2.34. The van der Waals surface area contributed by atoms with Gasteiger partial charge in [0.15, 0.2) is 0 Å². The normalized spacial score (nSPS) is 19.0. The number of phenolic OH excluding ortho intramolecular Hbond substituents is 1. The number of hydrogen-bond donors (Lipinski definition) is 2. The van der Waals surface area contributed by atoms with Crippen LogP contribution in [0.1, 0.15) is 35.9 Å². The highest BCUT2D eigenvalue weighted by atomic mass is 32.1. The predicted octanol–water partition coefficient (Wildman–Crippen LogP) is 3.69. The Kier molecular flexibility index (Phi) is 5.37. The summed E-state index contributed by atoms with van der Waals surface area (Å²) in [6, 6.07) is 11.0. The highest BCUT2D eigenvalue weighted by Crippen LogP contribution is 2.26. The van der Waals surface area contributed by atoms with Gasteiger partial charge in [0.2, 0.25) is 0 Å². The number of carbonyl (C=O) groups excluding carboxylic acids is 1. The molecule has 2 heterocycles. The van der Waals surface area contributed by atoms with E-state index in [-0.39, 0.29) is 23.9 Å². The Bertz CT molecular complexity index is 675. The summed E-state index contributed by atoms with van der Waals surface area (Å²) in [5.41, 5.74) is 0.887. The van der Waals surface area contributed by atoms with Crippen LogP contribution in [-0.4, -0.2) is 35.7 Å². The molecule has 1 aromatic carbocycles. The highest BCUT2D eigenvalue weighted by molar-refractivity contribution is 7.10. The molecule has 5 nitrogen and oxygen atoms in total. The number of thiophene rings is 1. The lowest BCUT2D eigenvalue weighted by Crippen LogP contribution is -2.47. The summed E-state index contributed by atoms with van der Waals surface area (Å²) >= 11 is 1.66. The van der Waals surface area contributed by atoms with Crippen LogP contribution in [0.4, 0.5) is 4.79 Å². The molecule has 0 saturated carbocycles. The zero-order valence-electron chi connectivity index (χ0n) is 13.6. The van der Waals surface area contributed by atoms with E-state index in [9.17, 15) is 9.90 Å². The first kappa shape index (κ1) is 16.8. The maximum Gasteiger partial charge on any atom is 0.318 e. The standard InChI is InChI=1S/C18H22N2O3S/c1-2-15(17-7-4-10-24-17)19-18(22)20-8-9-23-16(12-20)13-5-3-6-14(21)11-13/h3-7,10-11,15-16,21H,2,8-9,12H2,1H3,(H,19,22)/t15-,16-/m1/s1. The predicted molar refractivity (Wildman–Crippen MR) is 94.3 cm³/mol. The van der Waals surface area contributed by atoms with Crippen LogP contribution in [0.2, 0.25) is 0 Å². The van der Waals surface area contributed by atoms with Crippen molar-refractivity contribution in [1.29, 1.82) is 0 Å². The van der Waals surface area contributed by atoms with Gasteiger partial charge in [-0.25, -0.2) is 4.79 Å². The second kappa shape index (κ2) is 7.68. The van der Waals surface area contributed by atoms with E-state index in [0.29, 0.717) is 19.7 Å². The molecule has 2 aromatic rings. The first-order valence-corrected chi connectivity index (χ1v) is 9.04. The van der Waals surface area contributed by atoms with Crippen LogP contribution < -0.4 is 5.32 Å². The topological polar surface area (TPSA) is 61.8 Å².